The summed E-state index contributed by atoms with van der Waals surface area (Å²) in [5.41, 5.74) is 2.18. The van der Waals surface area contributed by atoms with E-state index in [0.717, 1.165) is 5.69 Å². The summed E-state index contributed by atoms with van der Waals surface area (Å²) in [7, 11) is 2.20. The fourth-order valence-corrected chi connectivity index (χ4v) is 0.934. The molecule has 0 N–H and O–H groups in total. The number of aromatic nitrogens is 1. The van der Waals surface area contributed by atoms with Gasteiger partial charge in [0.15, 0.2) is 0 Å². The highest BCUT2D eigenvalue weighted by atomic mass is 31.0. The first kappa shape index (κ1) is 7.64. The molecule has 0 radical (unpaired) electrons. The first-order valence-corrected chi connectivity index (χ1v) is 3.53. The number of nitrogens with zero attached hydrogens (tertiary/aromatic N) is 1. The van der Waals surface area contributed by atoms with E-state index in [1.54, 1.807) is 6.20 Å². The second kappa shape index (κ2) is 3.65. The van der Waals surface area contributed by atoms with Crippen molar-refractivity contribution in [1.82, 2.24) is 4.98 Å². The lowest BCUT2D eigenvalue weighted by atomic mass is 10.2. The number of hydrogen-bond donors (Lipinski definition) is 0. The fraction of sp³-hybridized carbons (Fsp3) is 0.286. The number of aryl methyl sites for hydroxylation is 1. The van der Waals surface area contributed by atoms with Crippen molar-refractivity contribution in [2.24, 2.45) is 0 Å². The zero-order valence-electron chi connectivity index (χ0n) is 5.87. The van der Waals surface area contributed by atoms with Gasteiger partial charge in [-0.15, -0.1) is 0 Å². The van der Waals surface area contributed by atoms with Crippen LogP contribution in [-0.4, -0.2) is 4.98 Å². The summed E-state index contributed by atoms with van der Waals surface area (Å²) in [6.07, 6.45) is 1.79. The maximum atomic E-state index is 4.84. The smallest absolute Gasteiger partial charge is 0.0923 e. The van der Waals surface area contributed by atoms with Crippen molar-refractivity contribution in [3.8, 4) is 0 Å². The van der Waals surface area contributed by atoms with E-state index in [1.165, 1.54) is 5.56 Å². The van der Waals surface area contributed by atoms with Gasteiger partial charge >= 0.3 is 0 Å². The van der Waals surface area contributed by atoms with Gasteiger partial charge in [-0.1, -0.05) is 0 Å². The molecule has 0 amide bonds. The van der Waals surface area contributed by atoms with Crippen LogP contribution in [0.4, 0.5) is 0 Å². The molecule has 1 aromatic rings. The van der Waals surface area contributed by atoms with Gasteiger partial charge in [-0.2, -0.15) is 0 Å². The summed E-state index contributed by atoms with van der Waals surface area (Å²) in [6, 6.07) is 3.97. The quantitative estimate of drug-likeness (QED) is 0.606. The lowest BCUT2D eigenvalue weighted by Crippen LogP contribution is -1.88. The van der Waals surface area contributed by atoms with E-state index in [4.69, 9.17) is 4.52 Å². The van der Waals surface area contributed by atoms with Crippen molar-refractivity contribution in [3.63, 3.8) is 0 Å². The lowest BCUT2D eigenvalue weighted by molar-refractivity contribution is 0.355. The number of hydrogen-bond acceptors (Lipinski definition) is 2. The molecule has 1 aromatic heterocycles. The summed E-state index contributed by atoms with van der Waals surface area (Å²) >= 11 is 0. The van der Waals surface area contributed by atoms with Crippen LogP contribution in [-0.2, 0) is 11.1 Å². The monoisotopic (exact) mass is 155 g/mol. The Hall–Kier alpha value is -0.460. The van der Waals surface area contributed by atoms with Gasteiger partial charge in [0.1, 0.15) is 0 Å². The van der Waals surface area contributed by atoms with E-state index in [0.29, 0.717) is 6.61 Å². The maximum Gasteiger partial charge on any atom is 0.0923 e. The van der Waals surface area contributed by atoms with E-state index >= 15 is 0 Å². The molecule has 54 valence electrons. The molecule has 2 nitrogen and oxygen atoms in total. The van der Waals surface area contributed by atoms with Gasteiger partial charge in [0.05, 0.1) is 12.3 Å². The van der Waals surface area contributed by atoms with Gasteiger partial charge in [0.25, 0.3) is 0 Å². The zero-order chi connectivity index (χ0) is 7.40. The summed E-state index contributed by atoms with van der Waals surface area (Å²) in [5.74, 6) is 0. The number of rotatable bonds is 2. The molecule has 1 unspecified atom stereocenters. The Kier molecular flexibility index (Phi) is 2.79. The molecule has 1 atom stereocenters. The largest absolute Gasteiger partial charge is 0.359 e. The first-order chi connectivity index (χ1) is 4.83. The molecule has 0 saturated heterocycles. The normalized spacial score (nSPS) is 9.80. The van der Waals surface area contributed by atoms with Crippen LogP contribution >= 0.6 is 9.47 Å². The molecule has 0 aliphatic rings. The summed E-state index contributed by atoms with van der Waals surface area (Å²) in [6.45, 7) is 2.60. The van der Waals surface area contributed by atoms with E-state index in [9.17, 15) is 0 Å². The zero-order valence-corrected chi connectivity index (χ0v) is 7.03. The highest BCUT2D eigenvalue weighted by molar-refractivity contribution is 7.09. The van der Waals surface area contributed by atoms with Crippen LogP contribution in [0.5, 0.6) is 0 Å². The van der Waals surface area contributed by atoms with E-state index in [-0.39, 0.29) is 0 Å². The van der Waals surface area contributed by atoms with Crippen molar-refractivity contribution < 1.29 is 4.52 Å². The standard InChI is InChI=1S/C7H10NOP/c1-6-2-3-8-7(4-6)5-9-10/h2-4H,5,10H2,1H3. The Balaban J connectivity index is 2.75. The minimum atomic E-state index is 0.562. The molecule has 0 saturated carbocycles. The van der Waals surface area contributed by atoms with Gasteiger partial charge < -0.3 is 4.52 Å². The SMILES string of the molecule is Cc1ccnc(COP)c1. The van der Waals surface area contributed by atoms with Crippen molar-refractivity contribution in [2.75, 3.05) is 0 Å². The number of pyridine rings is 1. The first-order valence-electron chi connectivity index (χ1n) is 3.06. The maximum absolute atomic E-state index is 4.84. The Labute approximate surface area is 62.9 Å². The average Bonchev–Trinajstić information content (AvgIpc) is 1.88. The molecule has 3 heteroatoms. The van der Waals surface area contributed by atoms with Crippen LogP contribution in [0, 0.1) is 6.92 Å². The third-order valence-electron chi connectivity index (χ3n) is 1.20. The third kappa shape index (κ3) is 2.05. The van der Waals surface area contributed by atoms with E-state index in [1.807, 2.05) is 19.1 Å². The van der Waals surface area contributed by atoms with Crippen molar-refractivity contribution in [3.05, 3.63) is 29.6 Å². The molecule has 1 heterocycles. The van der Waals surface area contributed by atoms with Gasteiger partial charge in [0.2, 0.25) is 0 Å². The Morgan fingerprint density at radius 2 is 2.50 bits per heavy atom. The molecule has 1 rings (SSSR count). The van der Waals surface area contributed by atoms with E-state index in [2.05, 4.69) is 14.5 Å². The highest BCUT2D eigenvalue weighted by Crippen LogP contribution is 2.02. The van der Waals surface area contributed by atoms with Gasteiger partial charge in [-0.25, -0.2) is 0 Å². The molecule has 0 aliphatic carbocycles. The molecular weight excluding hydrogens is 145 g/mol. The molecule has 0 aromatic carbocycles. The molecule has 10 heavy (non-hydrogen) atoms. The fourth-order valence-electron chi connectivity index (χ4n) is 0.763. The second-order valence-corrected chi connectivity index (χ2v) is 2.47. The Morgan fingerprint density at radius 1 is 1.70 bits per heavy atom. The minimum absolute atomic E-state index is 0.562. The predicted molar refractivity (Wildman–Crippen MR) is 43.5 cm³/mol. The van der Waals surface area contributed by atoms with Crippen LogP contribution in [0.25, 0.3) is 0 Å². The van der Waals surface area contributed by atoms with Crippen LogP contribution in [0.1, 0.15) is 11.3 Å². The predicted octanol–water partition coefficient (Wildman–Crippen LogP) is 1.70. The second-order valence-electron chi connectivity index (χ2n) is 2.14. The third-order valence-corrected chi connectivity index (χ3v) is 1.37. The molecule has 0 bridgehead atoms. The summed E-state index contributed by atoms with van der Waals surface area (Å²) < 4.78 is 4.84. The van der Waals surface area contributed by atoms with Crippen molar-refractivity contribution >= 4 is 9.47 Å². The molecule has 0 aliphatic heterocycles. The molecular formula is C7H10NOP. The van der Waals surface area contributed by atoms with Crippen LogP contribution in [0.15, 0.2) is 18.3 Å². The Bertz CT molecular complexity index is 215. The average molecular weight is 155 g/mol. The lowest BCUT2D eigenvalue weighted by Gasteiger charge is -1.97. The Morgan fingerprint density at radius 3 is 3.10 bits per heavy atom. The van der Waals surface area contributed by atoms with Crippen molar-refractivity contribution in [2.45, 2.75) is 13.5 Å². The summed E-state index contributed by atoms with van der Waals surface area (Å²) in [4.78, 5) is 4.09. The molecule has 0 spiro atoms. The van der Waals surface area contributed by atoms with Crippen LogP contribution in [0.2, 0.25) is 0 Å². The van der Waals surface area contributed by atoms with E-state index < -0.39 is 0 Å². The topological polar surface area (TPSA) is 22.1 Å². The van der Waals surface area contributed by atoms with Gasteiger partial charge in [-0.05, 0) is 24.6 Å². The highest BCUT2D eigenvalue weighted by Gasteiger charge is 1.91. The van der Waals surface area contributed by atoms with Crippen molar-refractivity contribution in [1.29, 1.82) is 0 Å². The van der Waals surface area contributed by atoms with Gasteiger partial charge in [0, 0.05) is 15.7 Å². The molecule has 0 fully saturated rings. The van der Waals surface area contributed by atoms with Crippen LogP contribution < -0.4 is 0 Å². The summed E-state index contributed by atoms with van der Waals surface area (Å²) in [5, 5.41) is 0. The minimum Gasteiger partial charge on any atom is -0.359 e. The van der Waals surface area contributed by atoms with Gasteiger partial charge in [-0.3, -0.25) is 4.98 Å². The van der Waals surface area contributed by atoms with Crippen LogP contribution in [0.3, 0.4) is 0 Å².